The van der Waals surface area contributed by atoms with Crippen molar-refractivity contribution in [2.45, 2.75) is 45.2 Å². The lowest BCUT2D eigenvalue weighted by Gasteiger charge is -2.36. The van der Waals surface area contributed by atoms with Crippen molar-refractivity contribution in [1.29, 1.82) is 0 Å². The number of carbonyl (C=O) groups excluding carboxylic acids is 2. The fourth-order valence-electron chi connectivity index (χ4n) is 4.45. The molecule has 0 radical (unpaired) electrons. The first-order chi connectivity index (χ1) is 15.1. The van der Waals surface area contributed by atoms with Crippen LogP contribution in [0.4, 0.5) is 0 Å². The molecule has 1 aliphatic carbocycles. The predicted molar refractivity (Wildman–Crippen MR) is 124 cm³/mol. The molecule has 0 bridgehead atoms. The van der Waals surface area contributed by atoms with Crippen molar-refractivity contribution in [2.75, 3.05) is 13.1 Å². The van der Waals surface area contributed by atoms with E-state index in [1.807, 2.05) is 59.5 Å². The summed E-state index contributed by atoms with van der Waals surface area (Å²) in [6.45, 7) is 4.17. The standard InChI is InChI=1S/C27H32N2O2/c1-21(24-13-14-24)29(20-23-10-6-3-7-11-23)27(31)25-16-18-28(19-17-25)26(30)15-12-22-8-4-2-5-9-22/h2-12,15,21,24-25H,13-14,16-20H2,1H3/b15-12+. The van der Waals surface area contributed by atoms with Crippen LogP contribution in [0, 0.1) is 11.8 Å². The second-order valence-electron chi connectivity index (χ2n) is 8.87. The van der Waals surface area contributed by atoms with Gasteiger partial charge in [-0.1, -0.05) is 60.7 Å². The van der Waals surface area contributed by atoms with E-state index in [-0.39, 0.29) is 23.8 Å². The van der Waals surface area contributed by atoms with Crippen LogP contribution in [0.2, 0.25) is 0 Å². The van der Waals surface area contributed by atoms with Crippen LogP contribution in [0.1, 0.15) is 43.7 Å². The summed E-state index contributed by atoms with van der Waals surface area (Å²) in [6.07, 6.45) is 7.44. The van der Waals surface area contributed by atoms with Gasteiger partial charge in [0.15, 0.2) is 0 Å². The summed E-state index contributed by atoms with van der Waals surface area (Å²) in [5.41, 5.74) is 2.20. The summed E-state index contributed by atoms with van der Waals surface area (Å²) in [4.78, 5) is 30.0. The molecule has 2 fully saturated rings. The molecule has 2 aliphatic rings. The molecule has 4 heteroatoms. The van der Waals surface area contributed by atoms with Crippen molar-refractivity contribution in [3.8, 4) is 0 Å². The zero-order valence-electron chi connectivity index (χ0n) is 18.3. The van der Waals surface area contributed by atoms with Crippen molar-refractivity contribution in [1.82, 2.24) is 9.80 Å². The smallest absolute Gasteiger partial charge is 0.246 e. The number of hydrogen-bond donors (Lipinski definition) is 0. The van der Waals surface area contributed by atoms with Gasteiger partial charge in [-0.15, -0.1) is 0 Å². The minimum Gasteiger partial charge on any atom is -0.339 e. The second kappa shape index (κ2) is 9.95. The van der Waals surface area contributed by atoms with Gasteiger partial charge in [0.05, 0.1) is 0 Å². The average Bonchev–Trinajstić information content (AvgIpc) is 3.67. The Morgan fingerprint density at radius 3 is 2.19 bits per heavy atom. The predicted octanol–water partition coefficient (Wildman–Crippen LogP) is 4.77. The highest BCUT2D eigenvalue weighted by Gasteiger charge is 2.37. The number of nitrogens with zero attached hydrogens (tertiary/aromatic N) is 2. The van der Waals surface area contributed by atoms with Crippen LogP contribution >= 0.6 is 0 Å². The Balaban J connectivity index is 1.35. The lowest BCUT2D eigenvalue weighted by atomic mass is 9.93. The van der Waals surface area contributed by atoms with Gasteiger partial charge in [-0.2, -0.15) is 0 Å². The van der Waals surface area contributed by atoms with Gasteiger partial charge in [0, 0.05) is 37.7 Å². The average molecular weight is 417 g/mol. The fourth-order valence-corrected chi connectivity index (χ4v) is 4.45. The normalized spacial score (nSPS) is 18.2. The monoisotopic (exact) mass is 416 g/mol. The molecule has 1 aliphatic heterocycles. The van der Waals surface area contributed by atoms with E-state index in [9.17, 15) is 9.59 Å². The zero-order valence-corrected chi connectivity index (χ0v) is 18.3. The number of carbonyl (C=O) groups is 2. The van der Waals surface area contributed by atoms with Crippen LogP contribution in [0.15, 0.2) is 66.7 Å². The van der Waals surface area contributed by atoms with E-state index in [4.69, 9.17) is 0 Å². The van der Waals surface area contributed by atoms with Gasteiger partial charge < -0.3 is 9.80 Å². The first kappa shape index (κ1) is 21.4. The summed E-state index contributed by atoms with van der Waals surface area (Å²) >= 11 is 0. The molecule has 0 N–H and O–H groups in total. The van der Waals surface area contributed by atoms with E-state index in [1.54, 1.807) is 6.08 Å². The summed E-state index contributed by atoms with van der Waals surface area (Å²) in [7, 11) is 0. The largest absolute Gasteiger partial charge is 0.339 e. The Morgan fingerprint density at radius 1 is 0.968 bits per heavy atom. The molecular formula is C27H32N2O2. The van der Waals surface area contributed by atoms with Crippen molar-refractivity contribution >= 4 is 17.9 Å². The molecule has 0 spiro atoms. The van der Waals surface area contributed by atoms with Crippen LogP contribution in [0.25, 0.3) is 6.08 Å². The molecule has 1 heterocycles. The van der Waals surface area contributed by atoms with E-state index >= 15 is 0 Å². The molecule has 1 saturated heterocycles. The Hall–Kier alpha value is -2.88. The van der Waals surface area contributed by atoms with Crippen molar-refractivity contribution < 1.29 is 9.59 Å². The molecule has 1 atom stereocenters. The number of benzene rings is 2. The van der Waals surface area contributed by atoms with Crippen LogP contribution in [0.5, 0.6) is 0 Å². The van der Waals surface area contributed by atoms with Crippen molar-refractivity contribution in [2.24, 2.45) is 11.8 Å². The van der Waals surface area contributed by atoms with Crippen LogP contribution in [-0.2, 0) is 16.1 Å². The molecule has 162 valence electrons. The Morgan fingerprint density at radius 2 is 1.58 bits per heavy atom. The first-order valence-corrected chi connectivity index (χ1v) is 11.5. The lowest BCUT2D eigenvalue weighted by Crippen LogP contribution is -2.47. The number of amides is 2. The Kier molecular flexibility index (Phi) is 6.86. The number of likely N-dealkylation sites (tertiary alicyclic amines) is 1. The van der Waals surface area contributed by atoms with Gasteiger partial charge in [-0.3, -0.25) is 9.59 Å². The molecule has 2 amide bonds. The third-order valence-corrected chi connectivity index (χ3v) is 6.65. The van der Waals surface area contributed by atoms with Gasteiger partial charge in [0.2, 0.25) is 11.8 Å². The van der Waals surface area contributed by atoms with Gasteiger partial charge in [0.1, 0.15) is 0 Å². The molecular weight excluding hydrogens is 384 g/mol. The van der Waals surface area contributed by atoms with E-state index in [1.165, 1.54) is 18.4 Å². The Bertz CT molecular complexity index is 897. The van der Waals surface area contributed by atoms with Crippen LogP contribution in [-0.4, -0.2) is 40.7 Å². The maximum atomic E-state index is 13.5. The highest BCUT2D eigenvalue weighted by molar-refractivity contribution is 5.92. The first-order valence-electron chi connectivity index (χ1n) is 11.5. The van der Waals surface area contributed by atoms with Gasteiger partial charge in [0.25, 0.3) is 0 Å². The topological polar surface area (TPSA) is 40.6 Å². The maximum absolute atomic E-state index is 13.5. The molecule has 0 aromatic heterocycles. The van der Waals surface area contributed by atoms with Crippen LogP contribution in [0.3, 0.4) is 0 Å². The molecule has 2 aromatic carbocycles. The molecule has 1 unspecified atom stereocenters. The third-order valence-electron chi connectivity index (χ3n) is 6.65. The minimum absolute atomic E-state index is 0.00654. The highest BCUT2D eigenvalue weighted by Crippen LogP contribution is 2.37. The summed E-state index contributed by atoms with van der Waals surface area (Å²) in [5.74, 6) is 0.932. The lowest BCUT2D eigenvalue weighted by molar-refractivity contribution is -0.142. The van der Waals surface area contributed by atoms with Crippen molar-refractivity contribution in [3.05, 3.63) is 77.9 Å². The third kappa shape index (κ3) is 5.63. The summed E-state index contributed by atoms with van der Waals surface area (Å²) in [5, 5.41) is 0. The maximum Gasteiger partial charge on any atom is 0.246 e. The number of rotatable bonds is 7. The molecule has 1 saturated carbocycles. The van der Waals surface area contributed by atoms with Crippen molar-refractivity contribution in [3.63, 3.8) is 0 Å². The molecule has 31 heavy (non-hydrogen) atoms. The highest BCUT2D eigenvalue weighted by atomic mass is 16.2. The fraction of sp³-hybridized carbons (Fsp3) is 0.407. The second-order valence-corrected chi connectivity index (χ2v) is 8.87. The zero-order chi connectivity index (χ0) is 21.6. The SMILES string of the molecule is CC(C1CC1)N(Cc1ccccc1)C(=O)C1CCN(C(=O)/C=C/c2ccccc2)CC1. The van der Waals surface area contributed by atoms with Gasteiger partial charge in [-0.25, -0.2) is 0 Å². The van der Waals surface area contributed by atoms with E-state index < -0.39 is 0 Å². The Labute approximate surface area is 185 Å². The van der Waals surface area contributed by atoms with E-state index in [0.717, 1.165) is 18.4 Å². The quantitative estimate of drug-likeness (QED) is 0.610. The van der Waals surface area contributed by atoms with E-state index in [0.29, 0.717) is 25.6 Å². The minimum atomic E-state index is 0.00654. The molecule has 4 nitrogen and oxygen atoms in total. The van der Waals surface area contributed by atoms with Crippen LogP contribution < -0.4 is 0 Å². The molecule has 2 aromatic rings. The van der Waals surface area contributed by atoms with Gasteiger partial charge >= 0.3 is 0 Å². The van der Waals surface area contributed by atoms with E-state index in [2.05, 4.69) is 24.0 Å². The number of piperidine rings is 1. The molecule has 4 rings (SSSR count). The summed E-state index contributed by atoms with van der Waals surface area (Å²) in [6, 6.07) is 20.4. The number of hydrogen-bond acceptors (Lipinski definition) is 2. The summed E-state index contributed by atoms with van der Waals surface area (Å²) < 4.78 is 0. The van der Waals surface area contributed by atoms with Gasteiger partial charge in [-0.05, 0) is 55.7 Å².